The summed E-state index contributed by atoms with van der Waals surface area (Å²) < 4.78 is 17.8. The number of hydrogen-bond donors (Lipinski definition) is 2. The third-order valence-corrected chi connectivity index (χ3v) is 9.10. The van der Waals surface area contributed by atoms with Crippen molar-refractivity contribution in [2.75, 3.05) is 20.2 Å². The summed E-state index contributed by atoms with van der Waals surface area (Å²) in [5.74, 6) is 1.48. The van der Waals surface area contributed by atoms with Crippen LogP contribution in [0.15, 0.2) is 24.4 Å². The quantitative estimate of drug-likeness (QED) is 0.407. The van der Waals surface area contributed by atoms with E-state index in [4.69, 9.17) is 14.2 Å². The Kier molecular flexibility index (Phi) is 4.64. The van der Waals surface area contributed by atoms with E-state index in [9.17, 15) is 4.79 Å². The Morgan fingerprint density at radius 2 is 2.22 bits per heavy atom. The zero-order valence-electron chi connectivity index (χ0n) is 19.3. The first-order chi connectivity index (χ1) is 15.5. The molecule has 2 aliphatic carbocycles. The molecule has 32 heavy (non-hydrogen) atoms. The van der Waals surface area contributed by atoms with E-state index >= 15 is 0 Å². The molecule has 1 aromatic carbocycles. The minimum Gasteiger partial charge on any atom is -0.497 e. The predicted octanol–water partition coefficient (Wildman–Crippen LogP) is 3.83. The molecule has 6 heteroatoms. The molecule has 1 spiro atoms. The number of fused-ring (bicyclic) bond motifs is 3. The minimum absolute atomic E-state index is 0.0197. The first-order valence-electron chi connectivity index (χ1n) is 12.2. The van der Waals surface area contributed by atoms with Gasteiger partial charge in [0.2, 0.25) is 0 Å². The minimum atomic E-state index is -0.105. The van der Waals surface area contributed by atoms with E-state index in [-0.39, 0.29) is 41.0 Å². The molecule has 4 aliphatic rings. The van der Waals surface area contributed by atoms with E-state index < -0.39 is 0 Å². The largest absolute Gasteiger partial charge is 0.497 e. The van der Waals surface area contributed by atoms with Crippen LogP contribution in [0.1, 0.15) is 45.1 Å². The van der Waals surface area contributed by atoms with Crippen LogP contribution in [-0.4, -0.2) is 49.0 Å². The van der Waals surface area contributed by atoms with Crippen LogP contribution < -0.4 is 10.1 Å². The van der Waals surface area contributed by atoms with Crippen molar-refractivity contribution in [1.82, 2.24) is 10.3 Å². The first-order valence-corrected chi connectivity index (χ1v) is 12.2. The number of methoxy groups -OCH3 is 1. The number of aromatic nitrogens is 1. The maximum absolute atomic E-state index is 12.8. The Balaban J connectivity index is 1.12. The third-order valence-electron chi connectivity index (χ3n) is 9.10. The molecule has 0 amide bonds. The number of epoxide rings is 1. The van der Waals surface area contributed by atoms with Crippen molar-refractivity contribution < 1.29 is 19.0 Å². The maximum Gasteiger partial charge on any atom is 0.311 e. The molecule has 0 radical (unpaired) electrons. The van der Waals surface area contributed by atoms with Crippen molar-refractivity contribution in [3.8, 4) is 5.75 Å². The molecule has 4 fully saturated rings. The van der Waals surface area contributed by atoms with Crippen LogP contribution in [-0.2, 0) is 20.7 Å². The second-order valence-electron chi connectivity index (χ2n) is 10.7. The number of H-pyrrole nitrogens is 1. The molecule has 7 atom stereocenters. The van der Waals surface area contributed by atoms with E-state index in [2.05, 4.69) is 36.4 Å². The predicted molar refractivity (Wildman–Crippen MR) is 122 cm³/mol. The van der Waals surface area contributed by atoms with Crippen LogP contribution >= 0.6 is 0 Å². The van der Waals surface area contributed by atoms with Gasteiger partial charge in [-0.1, -0.05) is 20.3 Å². The van der Waals surface area contributed by atoms with E-state index in [1.807, 2.05) is 12.1 Å². The molecule has 6 rings (SSSR count). The van der Waals surface area contributed by atoms with Crippen molar-refractivity contribution in [3.05, 3.63) is 30.0 Å². The maximum atomic E-state index is 12.8. The zero-order chi connectivity index (χ0) is 22.1. The fourth-order valence-corrected chi connectivity index (χ4v) is 7.44. The van der Waals surface area contributed by atoms with Crippen LogP contribution in [0.2, 0.25) is 0 Å². The lowest BCUT2D eigenvalue weighted by Crippen LogP contribution is -2.54. The van der Waals surface area contributed by atoms with Gasteiger partial charge in [-0.05, 0) is 61.9 Å². The van der Waals surface area contributed by atoms with Crippen LogP contribution in [0.5, 0.6) is 5.75 Å². The topological polar surface area (TPSA) is 75.9 Å². The summed E-state index contributed by atoms with van der Waals surface area (Å²) in [7, 11) is 1.69. The van der Waals surface area contributed by atoms with Gasteiger partial charge >= 0.3 is 5.97 Å². The van der Waals surface area contributed by atoms with Gasteiger partial charge in [0.05, 0.1) is 19.1 Å². The highest BCUT2D eigenvalue weighted by Crippen LogP contribution is 2.70. The molecule has 6 nitrogen and oxygen atoms in total. The zero-order valence-corrected chi connectivity index (χ0v) is 19.3. The van der Waals surface area contributed by atoms with Crippen molar-refractivity contribution in [3.63, 3.8) is 0 Å². The van der Waals surface area contributed by atoms with Gasteiger partial charge in [-0.25, -0.2) is 0 Å². The van der Waals surface area contributed by atoms with Gasteiger partial charge < -0.3 is 24.5 Å². The van der Waals surface area contributed by atoms with Gasteiger partial charge in [0.25, 0.3) is 0 Å². The van der Waals surface area contributed by atoms with E-state index in [1.54, 1.807) is 7.11 Å². The van der Waals surface area contributed by atoms with Crippen molar-refractivity contribution >= 4 is 16.9 Å². The van der Waals surface area contributed by atoms with Gasteiger partial charge in [0, 0.05) is 35.0 Å². The van der Waals surface area contributed by atoms with Crippen LogP contribution in [0, 0.1) is 23.2 Å². The number of rotatable bonds is 6. The van der Waals surface area contributed by atoms with Crippen LogP contribution in [0.4, 0.5) is 0 Å². The standard InChI is InChI=1S/C26H34N2O4/c1-15-5-4-9-25(2)12-21-22(23-26(15,25)32-23)19(24(29)31-21)14-27-10-8-16-13-28-20-7-6-17(30-3)11-18(16)20/h6-7,11,13,15,19,21-23,27-28H,4-5,8-10,12,14H2,1-3H3/t15-,19+,21+,22+,23-,25+,26-/m0/s1. The van der Waals surface area contributed by atoms with Gasteiger partial charge in [0.1, 0.15) is 17.5 Å². The molecule has 2 N–H and O–H groups in total. The average molecular weight is 439 g/mol. The highest BCUT2D eigenvalue weighted by atomic mass is 16.6. The number of benzene rings is 1. The number of carbonyl (C=O) groups excluding carboxylic acids is 1. The first kappa shape index (κ1) is 20.5. The molecule has 2 saturated carbocycles. The fourth-order valence-electron chi connectivity index (χ4n) is 7.44. The Morgan fingerprint density at radius 3 is 3.06 bits per heavy atom. The number of ether oxygens (including phenoxy) is 3. The molecular formula is C26H34N2O4. The van der Waals surface area contributed by atoms with Gasteiger partial charge in [-0.15, -0.1) is 0 Å². The number of hydrogen-bond acceptors (Lipinski definition) is 5. The van der Waals surface area contributed by atoms with E-state index in [1.165, 1.54) is 30.2 Å². The molecule has 0 unspecified atom stereocenters. The van der Waals surface area contributed by atoms with Crippen molar-refractivity contribution in [2.24, 2.45) is 23.2 Å². The summed E-state index contributed by atoms with van der Waals surface area (Å²) in [6, 6.07) is 6.10. The number of esters is 1. The summed E-state index contributed by atoms with van der Waals surface area (Å²) in [4.78, 5) is 16.2. The average Bonchev–Trinajstić information content (AvgIpc) is 3.31. The van der Waals surface area contributed by atoms with Gasteiger partial charge in [-0.3, -0.25) is 4.79 Å². The lowest BCUT2D eigenvalue weighted by molar-refractivity contribution is -0.146. The molecule has 2 aromatic rings. The lowest BCUT2D eigenvalue weighted by atomic mass is 9.53. The van der Waals surface area contributed by atoms with Crippen LogP contribution in [0.25, 0.3) is 10.9 Å². The van der Waals surface area contributed by atoms with E-state index in [0.29, 0.717) is 12.5 Å². The smallest absolute Gasteiger partial charge is 0.311 e. The monoisotopic (exact) mass is 438 g/mol. The summed E-state index contributed by atoms with van der Waals surface area (Å²) in [6.07, 6.45) is 7.79. The molecule has 172 valence electrons. The fraction of sp³-hybridized carbons (Fsp3) is 0.654. The van der Waals surface area contributed by atoms with Gasteiger partial charge in [0.15, 0.2) is 0 Å². The molecule has 2 saturated heterocycles. The molecule has 2 aliphatic heterocycles. The molecule has 0 bridgehead atoms. The van der Waals surface area contributed by atoms with Crippen molar-refractivity contribution in [2.45, 2.75) is 63.8 Å². The molecule has 1 aromatic heterocycles. The summed E-state index contributed by atoms with van der Waals surface area (Å²) in [6.45, 7) is 6.19. The van der Waals surface area contributed by atoms with E-state index in [0.717, 1.165) is 30.7 Å². The normalized spacial score (nSPS) is 39.8. The second kappa shape index (κ2) is 7.22. The Morgan fingerprint density at radius 1 is 1.34 bits per heavy atom. The Labute approximate surface area is 189 Å². The Bertz CT molecular complexity index is 1050. The number of aromatic amines is 1. The third kappa shape index (κ3) is 2.81. The summed E-state index contributed by atoms with van der Waals surface area (Å²) in [5.41, 5.74) is 2.50. The summed E-state index contributed by atoms with van der Waals surface area (Å²) in [5, 5.41) is 4.74. The van der Waals surface area contributed by atoms with Crippen molar-refractivity contribution in [1.29, 1.82) is 0 Å². The number of carbonyl (C=O) groups is 1. The highest BCUT2D eigenvalue weighted by Gasteiger charge is 2.78. The SMILES string of the molecule is COc1ccc2[nH]cc(CCNC[C@H]3C(=O)O[C@@H]4C[C@@]5(C)CCC[C@H](C)[C@@]56O[C@H]6[C@@H]43)c2c1. The van der Waals surface area contributed by atoms with Gasteiger partial charge in [-0.2, -0.15) is 0 Å². The van der Waals surface area contributed by atoms with Crippen LogP contribution in [0.3, 0.4) is 0 Å². The second-order valence-corrected chi connectivity index (χ2v) is 10.7. The summed E-state index contributed by atoms with van der Waals surface area (Å²) >= 11 is 0. The lowest BCUT2D eigenvalue weighted by Gasteiger charge is -2.48. The molecular weight excluding hydrogens is 404 g/mol. The molecule has 3 heterocycles. The highest BCUT2D eigenvalue weighted by molar-refractivity contribution is 5.84. The Hall–Kier alpha value is -2.05. The number of nitrogens with one attached hydrogen (secondary N) is 2.